The molecule has 0 aromatic carbocycles. The van der Waals surface area contributed by atoms with Gasteiger partial charge in [0.1, 0.15) is 0 Å². The van der Waals surface area contributed by atoms with Gasteiger partial charge in [-0.15, -0.1) is 0 Å². The van der Waals surface area contributed by atoms with Crippen LogP contribution in [0.2, 0.25) is 0 Å². The van der Waals surface area contributed by atoms with Gasteiger partial charge in [0.15, 0.2) is 0 Å². The van der Waals surface area contributed by atoms with Crippen LogP contribution in [-0.2, 0) is 4.74 Å². The third-order valence-electron chi connectivity index (χ3n) is 1.56. The Labute approximate surface area is 68.8 Å². The lowest BCUT2D eigenvalue weighted by Crippen LogP contribution is -2.37. The lowest BCUT2D eigenvalue weighted by atomic mass is 10.2. The molecule has 1 unspecified atom stereocenters. The zero-order valence-electron chi connectivity index (χ0n) is 7.63. The molecule has 2 N–H and O–H groups in total. The summed E-state index contributed by atoms with van der Waals surface area (Å²) in [5.41, 5.74) is 0. The normalized spacial score (nSPS) is 16.4. The predicted octanol–water partition coefficient (Wildman–Crippen LogP) is 0.382. The third-order valence-corrected chi connectivity index (χ3v) is 1.56. The quantitative estimate of drug-likeness (QED) is 0.592. The fraction of sp³-hybridized carbons (Fsp3) is 1.00. The molecule has 0 aliphatic heterocycles. The highest BCUT2D eigenvalue weighted by molar-refractivity contribution is 4.64. The van der Waals surface area contributed by atoms with Gasteiger partial charge in [0.25, 0.3) is 0 Å². The summed E-state index contributed by atoms with van der Waals surface area (Å²) in [6.45, 7) is 5.22. The van der Waals surface area contributed by atoms with E-state index < -0.39 is 0 Å². The second-order valence-corrected chi connectivity index (χ2v) is 2.82. The van der Waals surface area contributed by atoms with E-state index in [9.17, 15) is 0 Å². The first kappa shape index (κ1) is 10.9. The Morgan fingerprint density at radius 3 is 2.55 bits per heavy atom. The monoisotopic (exact) mass is 161 g/mol. The van der Waals surface area contributed by atoms with E-state index in [2.05, 4.69) is 12.2 Å². The van der Waals surface area contributed by atoms with Crippen molar-refractivity contribution >= 4 is 0 Å². The number of hydrogen-bond donors (Lipinski definition) is 2. The van der Waals surface area contributed by atoms with Gasteiger partial charge in [-0.05, 0) is 13.3 Å². The van der Waals surface area contributed by atoms with Gasteiger partial charge in [-0.2, -0.15) is 0 Å². The van der Waals surface area contributed by atoms with E-state index in [4.69, 9.17) is 9.84 Å². The van der Waals surface area contributed by atoms with Gasteiger partial charge in [-0.1, -0.05) is 6.92 Å². The molecule has 0 spiro atoms. The van der Waals surface area contributed by atoms with Gasteiger partial charge < -0.3 is 15.2 Å². The summed E-state index contributed by atoms with van der Waals surface area (Å²) in [6, 6.07) is 0.370. The van der Waals surface area contributed by atoms with Crippen molar-refractivity contribution in [3.05, 3.63) is 0 Å². The molecular weight excluding hydrogens is 142 g/mol. The van der Waals surface area contributed by atoms with Gasteiger partial charge >= 0.3 is 0 Å². The maximum Gasteiger partial charge on any atom is 0.0636 e. The molecular formula is C8H19NO2. The van der Waals surface area contributed by atoms with Crippen LogP contribution in [0.4, 0.5) is 0 Å². The summed E-state index contributed by atoms with van der Waals surface area (Å²) in [5, 5.41) is 12.2. The molecule has 0 radical (unpaired) electrons. The first-order valence-electron chi connectivity index (χ1n) is 4.11. The highest BCUT2D eigenvalue weighted by Crippen LogP contribution is 1.91. The third kappa shape index (κ3) is 6.28. The van der Waals surface area contributed by atoms with Crippen LogP contribution in [0.1, 0.15) is 20.3 Å². The van der Waals surface area contributed by atoms with Crippen LogP contribution in [0.15, 0.2) is 0 Å². The summed E-state index contributed by atoms with van der Waals surface area (Å²) in [7, 11) is 1.69. The van der Waals surface area contributed by atoms with Crippen molar-refractivity contribution in [1.82, 2.24) is 5.32 Å². The zero-order chi connectivity index (χ0) is 8.69. The number of aliphatic hydroxyl groups is 1. The van der Waals surface area contributed by atoms with Crippen LogP contribution >= 0.6 is 0 Å². The number of ether oxygens (including phenoxy) is 1. The van der Waals surface area contributed by atoms with E-state index in [1.54, 1.807) is 14.0 Å². The Hall–Kier alpha value is -0.120. The van der Waals surface area contributed by atoms with Gasteiger partial charge in [0, 0.05) is 19.7 Å². The Morgan fingerprint density at radius 2 is 2.18 bits per heavy atom. The average molecular weight is 161 g/mol. The van der Waals surface area contributed by atoms with E-state index in [-0.39, 0.29) is 6.10 Å². The Balaban J connectivity index is 3.35. The highest BCUT2D eigenvalue weighted by atomic mass is 16.5. The zero-order valence-corrected chi connectivity index (χ0v) is 7.63. The molecule has 0 bridgehead atoms. The van der Waals surface area contributed by atoms with Gasteiger partial charge in [-0.3, -0.25) is 0 Å². The number of hydrogen-bond acceptors (Lipinski definition) is 3. The minimum Gasteiger partial charge on any atom is -0.392 e. The van der Waals surface area contributed by atoms with E-state index in [0.717, 1.165) is 6.42 Å². The Bertz CT molecular complexity index is 86.2. The van der Waals surface area contributed by atoms with E-state index in [0.29, 0.717) is 19.2 Å². The molecule has 0 rings (SSSR count). The van der Waals surface area contributed by atoms with Crippen molar-refractivity contribution in [3.63, 3.8) is 0 Å². The van der Waals surface area contributed by atoms with Crippen molar-refractivity contribution in [2.24, 2.45) is 0 Å². The fourth-order valence-electron chi connectivity index (χ4n) is 0.860. The minimum absolute atomic E-state index is 0.277. The van der Waals surface area contributed by atoms with Crippen LogP contribution in [0.3, 0.4) is 0 Å². The standard InChI is InChI=1S/C8H19NO2/c1-4-8(6-11-3)9-5-7(2)10/h7-10H,4-6H2,1-3H3/t7-,8?/m1/s1. The van der Waals surface area contributed by atoms with E-state index in [1.165, 1.54) is 0 Å². The molecule has 0 saturated heterocycles. The number of methoxy groups -OCH3 is 1. The van der Waals surface area contributed by atoms with E-state index in [1.807, 2.05) is 0 Å². The predicted molar refractivity (Wildman–Crippen MR) is 45.6 cm³/mol. The first-order chi connectivity index (χ1) is 5.20. The lowest BCUT2D eigenvalue weighted by Gasteiger charge is -2.16. The van der Waals surface area contributed by atoms with E-state index >= 15 is 0 Å². The van der Waals surface area contributed by atoms with Crippen LogP contribution in [0.5, 0.6) is 0 Å². The SMILES string of the molecule is CCC(COC)NC[C@@H](C)O. The Morgan fingerprint density at radius 1 is 1.55 bits per heavy atom. The molecule has 11 heavy (non-hydrogen) atoms. The molecule has 0 amide bonds. The molecule has 0 aromatic rings. The summed E-state index contributed by atoms with van der Waals surface area (Å²) < 4.78 is 4.98. The van der Waals surface area contributed by atoms with Crippen LogP contribution in [0, 0.1) is 0 Å². The maximum atomic E-state index is 8.96. The lowest BCUT2D eigenvalue weighted by molar-refractivity contribution is 0.144. The largest absolute Gasteiger partial charge is 0.392 e. The molecule has 0 aliphatic rings. The van der Waals surface area contributed by atoms with Crippen LogP contribution in [-0.4, -0.2) is 37.5 Å². The smallest absolute Gasteiger partial charge is 0.0636 e. The topological polar surface area (TPSA) is 41.5 Å². The number of rotatable bonds is 6. The van der Waals surface area contributed by atoms with Crippen molar-refractivity contribution in [2.75, 3.05) is 20.3 Å². The van der Waals surface area contributed by atoms with Crippen molar-refractivity contribution in [3.8, 4) is 0 Å². The number of aliphatic hydroxyl groups excluding tert-OH is 1. The molecule has 3 nitrogen and oxygen atoms in total. The molecule has 2 atom stereocenters. The molecule has 0 saturated carbocycles. The Kier molecular flexibility index (Phi) is 6.51. The summed E-state index contributed by atoms with van der Waals surface area (Å²) >= 11 is 0. The highest BCUT2D eigenvalue weighted by Gasteiger charge is 2.04. The molecule has 3 heteroatoms. The van der Waals surface area contributed by atoms with Crippen LogP contribution < -0.4 is 5.32 Å². The van der Waals surface area contributed by atoms with Crippen molar-refractivity contribution in [1.29, 1.82) is 0 Å². The van der Waals surface area contributed by atoms with Crippen LogP contribution in [0.25, 0.3) is 0 Å². The second-order valence-electron chi connectivity index (χ2n) is 2.82. The average Bonchev–Trinajstić information content (AvgIpc) is 1.97. The van der Waals surface area contributed by atoms with Crippen molar-refractivity contribution in [2.45, 2.75) is 32.4 Å². The second kappa shape index (κ2) is 6.58. The van der Waals surface area contributed by atoms with Gasteiger partial charge in [0.2, 0.25) is 0 Å². The first-order valence-corrected chi connectivity index (χ1v) is 4.11. The fourth-order valence-corrected chi connectivity index (χ4v) is 0.860. The van der Waals surface area contributed by atoms with Crippen molar-refractivity contribution < 1.29 is 9.84 Å². The molecule has 0 heterocycles. The minimum atomic E-state index is -0.277. The number of nitrogens with one attached hydrogen (secondary N) is 1. The molecule has 0 aromatic heterocycles. The summed E-state index contributed by atoms with van der Waals surface area (Å²) in [6.07, 6.45) is 0.751. The summed E-state index contributed by atoms with van der Waals surface area (Å²) in [5.74, 6) is 0. The molecule has 0 aliphatic carbocycles. The summed E-state index contributed by atoms with van der Waals surface area (Å²) in [4.78, 5) is 0. The molecule has 0 fully saturated rings. The maximum absolute atomic E-state index is 8.96. The van der Waals surface area contributed by atoms with Gasteiger partial charge in [-0.25, -0.2) is 0 Å². The molecule has 68 valence electrons. The van der Waals surface area contributed by atoms with Gasteiger partial charge in [0.05, 0.1) is 12.7 Å².